The Morgan fingerprint density at radius 2 is 1.56 bits per heavy atom. The van der Waals surface area contributed by atoms with Gasteiger partial charge in [0.15, 0.2) is 0 Å². The van der Waals surface area contributed by atoms with Gasteiger partial charge in [-0.1, -0.05) is 71.0 Å². The van der Waals surface area contributed by atoms with Crippen LogP contribution in [0, 0.1) is 12.7 Å². The predicted octanol–water partition coefficient (Wildman–Crippen LogP) is 7.18. The second-order valence-electron chi connectivity index (χ2n) is 10.8. The summed E-state index contributed by atoms with van der Waals surface area (Å²) in [6.45, 7) is 12.1. The largest absolute Gasteiger partial charge is 0.507 e. The Labute approximate surface area is 212 Å². The normalized spacial score (nSPS) is 17.8. The molecule has 1 atom stereocenters. The second kappa shape index (κ2) is 9.38. The lowest BCUT2D eigenvalue weighted by Crippen LogP contribution is -2.29. The topological polar surface area (TPSA) is 57.6 Å². The third-order valence-corrected chi connectivity index (χ3v) is 6.81. The lowest BCUT2D eigenvalue weighted by Gasteiger charge is -2.27. The first kappa shape index (κ1) is 25.4. The fraction of sp³-hybridized carbons (Fsp3) is 0.290. The van der Waals surface area contributed by atoms with Crippen LogP contribution >= 0.6 is 0 Å². The summed E-state index contributed by atoms with van der Waals surface area (Å²) in [7, 11) is 0. The molecule has 36 heavy (non-hydrogen) atoms. The lowest BCUT2D eigenvalue weighted by molar-refractivity contribution is -0.132. The molecule has 3 aromatic carbocycles. The maximum atomic E-state index is 13.9. The van der Waals surface area contributed by atoms with E-state index in [1.165, 1.54) is 23.1 Å². The van der Waals surface area contributed by atoms with Crippen LogP contribution in [0.5, 0.6) is 0 Å². The molecule has 0 radical (unpaired) electrons. The third-order valence-electron chi connectivity index (χ3n) is 6.81. The number of anilines is 1. The molecule has 0 aliphatic carbocycles. The van der Waals surface area contributed by atoms with Gasteiger partial charge in [-0.15, -0.1) is 0 Å². The molecule has 4 rings (SSSR count). The number of Topliss-reactive ketones (excluding diaryl/α,β-unsaturated/α-hetero) is 1. The molecule has 1 heterocycles. The molecule has 1 fully saturated rings. The molecule has 3 aromatic rings. The molecule has 0 spiro atoms. The average molecular weight is 486 g/mol. The monoisotopic (exact) mass is 485 g/mol. The van der Waals surface area contributed by atoms with Crippen molar-refractivity contribution in [2.75, 3.05) is 4.90 Å². The number of rotatable bonds is 4. The van der Waals surface area contributed by atoms with Gasteiger partial charge in [0.25, 0.3) is 11.7 Å². The van der Waals surface area contributed by atoms with Crippen LogP contribution in [0.3, 0.4) is 0 Å². The van der Waals surface area contributed by atoms with Crippen molar-refractivity contribution in [3.63, 3.8) is 0 Å². The van der Waals surface area contributed by atoms with Crippen LogP contribution in [0.4, 0.5) is 10.1 Å². The van der Waals surface area contributed by atoms with Crippen molar-refractivity contribution >= 4 is 23.1 Å². The minimum absolute atomic E-state index is 0.0116. The van der Waals surface area contributed by atoms with E-state index >= 15 is 0 Å². The van der Waals surface area contributed by atoms with Gasteiger partial charge in [0, 0.05) is 11.3 Å². The number of carbonyl (C=O) groups is 2. The van der Waals surface area contributed by atoms with Crippen molar-refractivity contribution in [2.45, 2.75) is 58.9 Å². The van der Waals surface area contributed by atoms with E-state index in [1.54, 1.807) is 6.92 Å². The smallest absolute Gasteiger partial charge is 0.300 e. The van der Waals surface area contributed by atoms with Crippen LogP contribution < -0.4 is 4.90 Å². The summed E-state index contributed by atoms with van der Waals surface area (Å²) in [6.07, 6.45) is 0. The van der Waals surface area contributed by atoms with Gasteiger partial charge >= 0.3 is 0 Å². The summed E-state index contributed by atoms with van der Waals surface area (Å²) in [6, 6.07) is 18.7. The zero-order valence-corrected chi connectivity index (χ0v) is 21.6. The Balaban J connectivity index is 1.91. The summed E-state index contributed by atoms with van der Waals surface area (Å²) in [5, 5.41) is 11.3. The molecular weight excluding hydrogens is 453 g/mol. The van der Waals surface area contributed by atoms with Crippen LogP contribution in [0.25, 0.3) is 5.76 Å². The Bertz CT molecular complexity index is 1350. The van der Waals surface area contributed by atoms with E-state index in [1.807, 2.05) is 48.5 Å². The van der Waals surface area contributed by atoms with Gasteiger partial charge in [-0.05, 0) is 70.8 Å². The SMILES string of the molecule is Cc1cc(/C(O)=C2/C(=O)C(=O)N(c3ccc(C(C)C)cc3)C2c2ccc(C(C)(C)C)cc2)ccc1F. The van der Waals surface area contributed by atoms with Gasteiger partial charge in [0.1, 0.15) is 11.6 Å². The van der Waals surface area contributed by atoms with Crippen molar-refractivity contribution in [3.8, 4) is 0 Å². The van der Waals surface area contributed by atoms with Crippen LogP contribution in [-0.4, -0.2) is 16.8 Å². The fourth-order valence-electron chi connectivity index (χ4n) is 4.55. The molecule has 186 valence electrons. The number of aliphatic hydroxyl groups excluding tert-OH is 1. The molecule has 1 aliphatic rings. The molecule has 1 aliphatic heterocycles. The van der Waals surface area contributed by atoms with Gasteiger partial charge in [-0.3, -0.25) is 14.5 Å². The summed E-state index contributed by atoms with van der Waals surface area (Å²) in [5.74, 6) is -1.89. The van der Waals surface area contributed by atoms with Crippen LogP contribution in [0.2, 0.25) is 0 Å². The molecular formula is C31H32FNO3. The number of nitrogens with zero attached hydrogens (tertiary/aromatic N) is 1. The van der Waals surface area contributed by atoms with E-state index in [-0.39, 0.29) is 16.7 Å². The second-order valence-corrected chi connectivity index (χ2v) is 10.8. The third kappa shape index (κ3) is 4.58. The van der Waals surface area contributed by atoms with Crippen molar-refractivity contribution in [2.24, 2.45) is 0 Å². The standard InChI is InChI=1S/C31H32FNO3/c1-18(2)20-9-14-24(15-10-20)33-27(21-7-12-23(13-8-21)31(4,5)6)26(29(35)30(33)36)28(34)22-11-16-25(32)19(3)17-22/h7-18,27,34H,1-6H3/b28-26-. The Morgan fingerprint density at radius 3 is 2.08 bits per heavy atom. The van der Waals surface area contributed by atoms with E-state index in [4.69, 9.17) is 0 Å². The molecule has 1 amide bonds. The number of carbonyl (C=O) groups excluding carboxylic acids is 2. The Hall–Kier alpha value is -3.73. The maximum Gasteiger partial charge on any atom is 0.300 e. The molecule has 4 nitrogen and oxygen atoms in total. The number of ketones is 1. The van der Waals surface area contributed by atoms with Crippen molar-refractivity contribution in [1.82, 2.24) is 0 Å². The quantitative estimate of drug-likeness (QED) is 0.242. The average Bonchev–Trinajstić information content (AvgIpc) is 3.10. The van der Waals surface area contributed by atoms with E-state index < -0.39 is 23.5 Å². The number of benzene rings is 3. The van der Waals surface area contributed by atoms with Gasteiger partial charge < -0.3 is 5.11 Å². The Kier molecular flexibility index (Phi) is 6.61. The van der Waals surface area contributed by atoms with Crippen molar-refractivity contribution in [3.05, 3.63) is 106 Å². The molecule has 1 N–H and O–H groups in total. The molecule has 0 aromatic heterocycles. The molecule has 5 heteroatoms. The van der Waals surface area contributed by atoms with Crippen molar-refractivity contribution < 1.29 is 19.1 Å². The lowest BCUT2D eigenvalue weighted by atomic mass is 9.85. The molecule has 1 unspecified atom stereocenters. The first-order valence-electron chi connectivity index (χ1n) is 12.2. The summed E-state index contributed by atoms with van der Waals surface area (Å²) >= 11 is 0. The zero-order chi connectivity index (χ0) is 26.4. The highest BCUT2D eigenvalue weighted by molar-refractivity contribution is 6.51. The maximum absolute atomic E-state index is 13.9. The number of aryl methyl sites for hydroxylation is 1. The highest BCUT2D eigenvalue weighted by Gasteiger charge is 2.47. The van der Waals surface area contributed by atoms with Gasteiger partial charge in [0.05, 0.1) is 11.6 Å². The first-order valence-corrected chi connectivity index (χ1v) is 12.2. The first-order chi connectivity index (χ1) is 16.9. The van der Waals surface area contributed by atoms with E-state index in [2.05, 4.69) is 34.6 Å². The van der Waals surface area contributed by atoms with Gasteiger partial charge in [-0.25, -0.2) is 4.39 Å². The van der Waals surface area contributed by atoms with Crippen LogP contribution in [-0.2, 0) is 15.0 Å². The molecule has 1 saturated heterocycles. The van der Waals surface area contributed by atoms with Crippen LogP contribution in [0.15, 0.2) is 72.3 Å². The number of hydrogen-bond acceptors (Lipinski definition) is 3. The minimum atomic E-state index is -0.825. The minimum Gasteiger partial charge on any atom is -0.507 e. The highest BCUT2D eigenvalue weighted by atomic mass is 19.1. The number of amides is 1. The van der Waals surface area contributed by atoms with E-state index in [9.17, 15) is 19.1 Å². The van der Waals surface area contributed by atoms with Crippen molar-refractivity contribution in [1.29, 1.82) is 0 Å². The molecule has 0 saturated carbocycles. The van der Waals surface area contributed by atoms with Crippen LogP contribution in [0.1, 0.15) is 74.4 Å². The summed E-state index contributed by atoms with van der Waals surface area (Å²) < 4.78 is 13.9. The highest BCUT2D eigenvalue weighted by Crippen LogP contribution is 2.43. The number of hydrogen-bond donors (Lipinski definition) is 1. The molecule has 0 bridgehead atoms. The fourth-order valence-corrected chi connectivity index (χ4v) is 4.55. The van der Waals surface area contributed by atoms with E-state index in [0.29, 0.717) is 28.3 Å². The predicted molar refractivity (Wildman–Crippen MR) is 142 cm³/mol. The van der Waals surface area contributed by atoms with Gasteiger partial charge in [-0.2, -0.15) is 0 Å². The van der Waals surface area contributed by atoms with E-state index in [0.717, 1.165) is 11.1 Å². The Morgan fingerprint density at radius 1 is 0.944 bits per heavy atom. The summed E-state index contributed by atoms with van der Waals surface area (Å²) in [5.41, 5.74) is 4.04. The zero-order valence-electron chi connectivity index (χ0n) is 21.6. The number of halogens is 1. The van der Waals surface area contributed by atoms with Gasteiger partial charge in [0.2, 0.25) is 0 Å². The summed E-state index contributed by atoms with van der Waals surface area (Å²) in [4.78, 5) is 28.2. The number of aliphatic hydroxyl groups is 1.